The minimum absolute atomic E-state index is 0.151. The molecule has 2 aromatic rings. The van der Waals surface area contributed by atoms with Gasteiger partial charge in [0.2, 0.25) is 0 Å². The summed E-state index contributed by atoms with van der Waals surface area (Å²) >= 11 is 3.43. The third-order valence-electron chi connectivity index (χ3n) is 2.91. The Kier molecular flexibility index (Phi) is 4.02. The number of hydrogen-bond acceptors (Lipinski definition) is 1. The first kappa shape index (κ1) is 13.1. The summed E-state index contributed by atoms with van der Waals surface area (Å²) in [5.41, 5.74) is 3.86. The molecule has 0 aromatic heterocycles. The fourth-order valence-corrected chi connectivity index (χ4v) is 2.24. The van der Waals surface area contributed by atoms with Gasteiger partial charge in [0, 0.05) is 16.7 Å². The fraction of sp³-hybridized carbons (Fsp3) is 0.200. The first-order valence-corrected chi connectivity index (χ1v) is 6.60. The third-order valence-corrected chi connectivity index (χ3v) is 3.40. The van der Waals surface area contributed by atoms with E-state index < -0.39 is 0 Å². The van der Waals surface area contributed by atoms with Gasteiger partial charge in [-0.3, -0.25) is 0 Å². The van der Waals surface area contributed by atoms with Crippen LogP contribution >= 0.6 is 15.9 Å². The van der Waals surface area contributed by atoms with Crippen molar-refractivity contribution in [2.24, 2.45) is 0 Å². The highest BCUT2D eigenvalue weighted by atomic mass is 79.9. The summed E-state index contributed by atoms with van der Waals surface area (Å²) in [7, 11) is 0. The number of aryl methyl sites for hydroxylation is 2. The lowest BCUT2D eigenvalue weighted by Gasteiger charge is -2.10. The minimum Gasteiger partial charge on any atom is -0.381 e. The predicted octanol–water partition coefficient (Wildman–Crippen LogP) is 4.82. The zero-order valence-electron chi connectivity index (χ0n) is 10.4. The smallest absolute Gasteiger partial charge is 0.126 e. The number of nitrogens with one attached hydrogen (secondary N) is 1. The molecule has 0 fully saturated rings. The zero-order chi connectivity index (χ0) is 13.1. The van der Waals surface area contributed by atoms with Gasteiger partial charge in [0.05, 0.1) is 0 Å². The highest BCUT2D eigenvalue weighted by Gasteiger charge is 2.01. The Labute approximate surface area is 115 Å². The SMILES string of the molecule is Cc1ccc(CNc2ccc(Br)cc2C)cc1F. The summed E-state index contributed by atoms with van der Waals surface area (Å²) in [6.45, 7) is 4.44. The van der Waals surface area contributed by atoms with Crippen LogP contribution in [0.2, 0.25) is 0 Å². The molecule has 0 saturated heterocycles. The Balaban J connectivity index is 2.09. The van der Waals surface area contributed by atoms with Gasteiger partial charge in [-0.1, -0.05) is 28.1 Å². The molecule has 0 amide bonds. The van der Waals surface area contributed by atoms with Crippen molar-refractivity contribution in [3.63, 3.8) is 0 Å². The lowest BCUT2D eigenvalue weighted by atomic mass is 10.1. The van der Waals surface area contributed by atoms with E-state index in [2.05, 4.69) is 27.3 Å². The highest BCUT2D eigenvalue weighted by Crippen LogP contribution is 2.21. The van der Waals surface area contributed by atoms with Crippen LogP contribution in [-0.2, 0) is 6.54 Å². The van der Waals surface area contributed by atoms with Gasteiger partial charge in [-0.2, -0.15) is 0 Å². The maximum absolute atomic E-state index is 13.4. The van der Waals surface area contributed by atoms with Gasteiger partial charge in [0.15, 0.2) is 0 Å². The molecule has 1 N–H and O–H groups in total. The number of anilines is 1. The summed E-state index contributed by atoms with van der Waals surface area (Å²) in [4.78, 5) is 0. The molecule has 18 heavy (non-hydrogen) atoms. The molecule has 0 saturated carbocycles. The molecular formula is C15H15BrFN. The van der Waals surface area contributed by atoms with E-state index in [9.17, 15) is 4.39 Å². The molecule has 0 spiro atoms. The van der Waals surface area contributed by atoms with Crippen LogP contribution in [0.25, 0.3) is 0 Å². The van der Waals surface area contributed by atoms with Crippen molar-refractivity contribution in [2.45, 2.75) is 20.4 Å². The maximum Gasteiger partial charge on any atom is 0.126 e. The van der Waals surface area contributed by atoms with Gasteiger partial charge in [0.1, 0.15) is 5.82 Å². The number of benzene rings is 2. The van der Waals surface area contributed by atoms with E-state index in [-0.39, 0.29) is 5.82 Å². The van der Waals surface area contributed by atoms with Crippen molar-refractivity contribution in [2.75, 3.05) is 5.32 Å². The van der Waals surface area contributed by atoms with Crippen molar-refractivity contribution in [1.29, 1.82) is 0 Å². The first-order valence-electron chi connectivity index (χ1n) is 5.81. The summed E-state index contributed by atoms with van der Waals surface area (Å²) in [6.07, 6.45) is 0. The van der Waals surface area contributed by atoms with Crippen LogP contribution in [0.1, 0.15) is 16.7 Å². The molecule has 0 heterocycles. The monoisotopic (exact) mass is 307 g/mol. The van der Waals surface area contributed by atoms with Crippen LogP contribution in [-0.4, -0.2) is 0 Å². The number of rotatable bonds is 3. The third kappa shape index (κ3) is 3.10. The van der Waals surface area contributed by atoms with Gasteiger partial charge in [0.25, 0.3) is 0 Å². The quantitative estimate of drug-likeness (QED) is 0.857. The zero-order valence-corrected chi connectivity index (χ0v) is 12.0. The van der Waals surface area contributed by atoms with E-state index in [1.54, 1.807) is 19.1 Å². The van der Waals surface area contributed by atoms with E-state index in [0.29, 0.717) is 12.1 Å². The summed E-state index contributed by atoms with van der Waals surface area (Å²) < 4.78 is 14.5. The van der Waals surface area contributed by atoms with Crippen molar-refractivity contribution < 1.29 is 4.39 Å². The second kappa shape index (κ2) is 5.53. The molecule has 2 rings (SSSR count). The van der Waals surface area contributed by atoms with Gasteiger partial charge in [-0.05, 0) is 54.8 Å². The van der Waals surface area contributed by atoms with Crippen molar-refractivity contribution in [3.05, 3.63) is 63.4 Å². The average Bonchev–Trinajstić information content (AvgIpc) is 2.32. The first-order chi connectivity index (χ1) is 8.56. The number of hydrogen-bond donors (Lipinski definition) is 1. The van der Waals surface area contributed by atoms with E-state index in [0.717, 1.165) is 21.3 Å². The molecule has 0 atom stereocenters. The van der Waals surface area contributed by atoms with Crippen molar-refractivity contribution >= 4 is 21.6 Å². The normalized spacial score (nSPS) is 10.4. The number of halogens is 2. The van der Waals surface area contributed by atoms with Crippen LogP contribution in [0.3, 0.4) is 0 Å². The molecular weight excluding hydrogens is 293 g/mol. The molecule has 0 aliphatic carbocycles. The Morgan fingerprint density at radius 1 is 1.06 bits per heavy atom. The van der Waals surface area contributed by atoms with Crippen LogP contribution in [0.4, 0.5) is 10.1 Å². The van der Waals surface area contributed by atoms with Crippen molar-refractivity contribution in [3.8, 4) is 0 Å². The largest absolute Gasteiger partial charge is 0.381 e. The molecule has 0 aliphatic heterocycles. The Morgan fingerprint density at radius 2 is 1.83 bits per heavy atom. The molecule has 0 bridgehead atoms. The van der Waals surface area contributed by atoms with Crippen LogP contribution in [0.5, 0.6) is 0 Å². The molecule has 1 nitrogen and oxygen atoms in total. The standard InChI is InChI=1S/C15H15BrFN/c1-10-3-4-12(8-14(10)17)9-18-15-6-5-13(16)7-11(15)2/h3-8,18H,9H2,1-2H3. The summed E-state index contributed by atoms with van der Waals surface area (Å²) in [6, 6.07) is 11.4. The topological polar surface area (TPSA) is 12.0 Å². The molecule has 0 aliphatic rings. The maximum atomic E-state index is 13.4. The van der Waals surface area contributed by atoms with Crippen molar-refractivity contribution in [1.82, 2.24) is 0 Å². The van der Waals surface area contributed by atoms with E-state index >= 15 is 0 Å². The van der Waals surface area contributed by atoms with Crippen LogP contribution in [0.15, 0.2) is 40.9 Å². The van der Waals surface area contributed by atoms with Crippen LogP contribution in [0, 0.1) is 19.7 Å². The lowest BCUT2D eigenvalue weighted by Crippen LogP contribution is -2.01. The molecule has 94 valence electrons. The highest BCUT2D eigenvalue weighted by molar-refractivity contribution is 9.10. The van der Waals surface area contributed by atoms with E-state index in [4.69, 9.17) is 0 Å². The summed E-state index contributed by atoms with van der Waals surface area (Å²) in [5, 5.41) is 3.32. The second-order valence-corrected chi connectivity index (χ2v) is 5.31. The van der Waals surface area contributed by atoms with Gasteiger partial charge in [-0.25, -0.2) is 4.39 Å². The Hall–Kier alpha value is -1.35. The van der Waals surface area contributed by atoms with Gasteiger partial charge >= 0.3 is 0 Å². The van der Waals surface area contributed by atoms with Gasteiger partial charge < -0.3 is 5.32 Å². The Bertz CT molecular complexity index is 566. The van der Waals surface area contributed by atoms with E-state index in [1.807, 2.05) is 25.1 Å². The molecule has 2 aromatic carbocycles. The summed E-state index contributed by atoms with van der Waals surface area (Å²) in [5.74, 6) is -0.151. The molecule has 3 heteroatoms. The lowest BCUT2D eigenvalue weighted by molar-refractivity contribution is 0.616. The second-order valence-electron chi connectivity index (χ2n) is 4.40. The van der Waals surface area contributed by atoms with Gasteiger partial charge in [-0.15, -0.1) is 0 Å². The molecule has 0 unspecified atom stereocenters. The predicted molar refractivity (Wildman–Crippen MR) is 77.3 cm³/mol. The average molecular weight is 308 g/mol. The Morgan fingerprint density at radius 3 is 2.50 bits per heavy atom. The minimum atomic E-state index is -0.151. The van der Waals surface area contributed by atoms with E-state index in [1.165, 1.54) is 0 Å². The van der Waals surface area contributed by atoms with Crippen LogP contribution < -0.4 is 5.32 Å². The molecule has 0 radical (unpaired) electrons. The fourth-order valence-electron chi connectivity index (χ4n) is 1.77.